The van der Waals surface area contributed by atoms with E-state index in [9.17, 15) is 5.11 Å². The minimum atomic E-state index is -0.734. The van der Waals surface area contributed by atoms with Gasteiger partial charge >= 0.3 is 0 Å². The molecule has 0 spiro atoms. The molecule has 1 atom stereocenters. The standard InChI is InChI=1S/C13H17BrN4O/c1-17-7-10(13(14)16-17)12(19)11-6-9(18(2)15-11)5-8-3-4-8/h6-8,12,19H,3-5H2,1-2H3. The highest BCUT2D eigenvalue weighted by atomic mass is 79.9. The molecule has 0 aromatic carbocycles. The predicted octanol–water partition coefficient (Wildman–Crippen LogP) is 1.95. The quantitative estimate of drug-likeness (QED) is 0.935. The number of aromatic nitrogens is 4. The van der Waals surface area contributed by atoms with E-state index in [0.717, 1.165) is 17.9 Å². The molecule has 1 fully saturated rings. The molecule has 0 radical (unpaired) electrons. The van der Waals surface area contributed by atoms with Crippen LogP contribution in [0.5, 0.6) is 0 Å². The summed E-state index contributed by atoms with van der Waals surface area (Å²) in [6.45, 7) is 0. The maximum atomic E-state index is 10.4. The van der Waals surface area contributed by atoms with Crippen LogP contribution in [0.1, 0.15) is 35.9 Å². The zero-order valence-corrected chi connectivity index (χ0v) is 12.6. The van der Waals surface area contributed by atoms with E-state index in [2.05, 4.69) is 26.1 Å². The highest BCUT2D eigenvalue weighted by Gasteiger charge is 2.25. The average Bonchev–Trinajstić information content (AvgIpc) is 3.00. The summed E-state index contributed by atoms with van der Waals surface area (Å²) < 4.78 is 4.22. The molecule has 1 aliphatic rings. The molecule has 1 aliphatic carbocycles. The van der Waals surface area contributed by atoms with E-state index in [1.54, 1.807) is 4.68 Å². The minimum Gasteiger partial charge on any atom is -0.382 e. The first kappa shape index (κ1) is 12.9. The summed E-state index contributed by atoms with van der Waals surface area (Å²) in [6.07, 6.45) is 4.77. The number of aliphatic hydroxyl groups excluding tert-OH is 1. The lowest BCUT2D eigenvalue weighted by molar-refractivity contribution is 0.213. The van der Waals surface area contributed by atoms with Gasteiger partial charge in [0.15, 0.2) is 0 Å². The number of halogens is 1. The first-order valence-corrected chi connectivity index (χ1v) is 7.24. The third-order valence-electron chi connectivity index (χ3n) is 3.57. The smallest absolute Gasteiger partial charge is 0.134 e. The third-order valence-corrected chi connectivity index (χ3v) is 4.19. The maximum absolute atomic E-state index is 10.4. The normalized spacial score (nSPS) is 16.8. The van der Waals surface area contributed by atoms with Crippen LogP contribution in [0.3, 0.4) is 0 Å². The summed E-state index contributed by atoms with van der Waals surface area (Å²) in [5.41, 5.74) is 2.63. The molecule has 0 aliphatic heterocycles. The fourth-order valence-corrected chi connectivity index (χ4v) is 2.86. The highest BCUT2D eigenvalue weighted by Crippen LogP contribution is 2.33. The number of aryl methyl sites for hydroxylation is 2. The van der Waals surface area contributed by atoms with Gasteiger partial charge in [-0.3, -0.25) is 9.36 Å². The molecule has 102 valence electrons. The van der Waals surface area contributed by atoms with Gasteiger partial charge in [0.25, 0.3) is 0 Å². The van der Waals surface area contributed by atoms with Crippen molar-refractivity contribution < 1.29 is 5.11 Å². The number of hydrogen-bond donors (Lipinski definition) is 1. The zero-order valence-electron chi connectivity index (χ0n) is 11.0. The van der Waals surface area contributed by atoms with Crippen LogP contribution in [0.4, 0.5) is 0 Å². The summed E-state index contributed by atoms with van der Waals surface area (Å²) in [7, 11) is 3.77. The molecule has 19 heavy (non-hydrogen) atoms. The van der Waals surface area contributed by atoms with Crippen molar-refractivity contribution in [1.82, 2.24) is 19.6 Å². The van der Waals surface area contributed by atoms with Crippen molar-refractivity contribution in [2.45, 2.75) is 25.4 Å². The number of aliphatic hydroxyl groups is 1. The van der Waals surface area contributed by atoms with E-state index < -0.39 is 6.10 Å². The zero-order chi connectivity index (χ0) is 13.6. The Labute approximate surface area is 120 Å². The second-order valence-electron chi connectivity index (χ2n) is 5.28. The third kappa shape index (κ3) is 2.60. The monoisotopic (exact) mass is 324 g/mol. The molecule has 6 heteroatoms. The molecular formula is C13H17BrN4O. The molecule has 1 unspecified atom stereocenters. The van der Waals surface area contributed by atoms with Crippen LogP contribution in [-0.2, 0) is 20.5 Å². The van der Waals surface area contributed by atoms with E-state index in [1.165, 1.54) is 18.5 Å². The molecule has 0 saturated heterocycles. The predicted molar refractivity (Wildman–Crippen MR) is 74.6 cm³/mol. The van der Waals surface area contributed by atoms with Crippen molar-refractivity contribution in [2.24, 2.45) is 20.0 Å². The van der Waals surface area contributed by atoms with E-state index in [-0.39, 0.29) is 0 Å². The summed E-state index contributed by atoms with van der Waals surface area (Å²) in [6, 6.07) is 2.00. The Morgan fingerprint density at radius 1 is 1.42 bits per heavy atom. The number of nitrogens with zero attached hydrogens (tertiary/aromatic N) is 4. The molecule has 3 rings (SSSR count). The Morgan fingerprint density at radius 3 is 2.74 bits per heavy atom. The van der Waals surface area contributed by atoms with Gasteiger partial charge in [0, 0.05) is 31.5 Å². The molecule has 1 N–H and O–H groups in total. The molecular weight excluding hydrogens is 308 g/mol. The van der Waals surface area contributed by atoms with Gasteiger partial charge in [-0.1, -0.05) is 0 Å². The van der Waals surface area contributed by atoms with E-state index >= 15 is 0 Å². The first-order chi connectivity index (χ1) is 9.04. The first-order valence-electron chi connectivity index (χ1n) is 6.44. The van der Waals surface area contributed by atoms with Gasteiger partial charge in [0.05, 0.1) is 5.69 Å². The van der Waals surface area contributed by atoms with E-state index in [1.807, 2.05) is 31.0 Å². The number of hydrogen-bond acceptors (Lipinski definition) is 3. The van der Waals surface area contributed by atoms with Gasteiger partial charge in [0.2, 0.25) is 0 Å². The Bertz CT molecular complexity index is 600. The van der Waals surface area contributed by atoms with Crippen LogP contribution in [0.15, 0.2) is 16.9 Å². The summed E-state index contributed by atoms with van der Waals surface area (Å²) >= 11 is 3.36. The van der Waals surface area contributed by atoms with Crippen molar-refractivity contribution in [3.63, 3.8) is 0 Å². The maximum Gasteiger partial charge on any atom is 0.134 e. The fourth-order valence-electron chi connectivity index (χ4n) is 2.30. The summed E-state index contributed by atoms with van der Waals surface area (Å²) in [5.74, 6) is 0.811. The van der Waals surface area contributed by atoms with Crippen LogP contribution < -0.4 is 0 Å². The Hall–Kier alpha value is -1.14. The van der Waals surface area contributed by atoms with Crippen LogP contribution in [0.25, 0.3) is 0 Å². The topological polar surface area (TPSA) is 55.9 Å². The van der Waals surface area contributed by atoms with Gasteiger partial charge in [-0.25, -0.2) is 0 Å². The van der Waals surface area contributed by atoms with Crippen molar-refractivity contribution in [2.75, 3.05) is 0 Å². The van der Waals surface area contributed by atoms with Crippen molar-refractivity contribution in [1.29, 1.82) is 0 Å². The summed E-state index contributed by atoms with van der Waals surface area (Å²) in [5, 5.41) is 19.0. The van der Waals surface area contributed by atoms with Gasteiger partial charge < -0.3 is 5.11 Å². The lowest BCUT2D eigenvalue weighted by Gasteiger charge is -2.04. The second kappa shape index (κ2) is 4.76. The van der Waals surface area contributed by atoms with Crippen molar-refractivity contribution in [3.05, 3.63) is 33.8 Å². The van der Waals surface area contributed by atoms with Gasteiger partial charge in [-0.05, 0) is 47.2 Å². The van der Waals surface area contributed by atoms with E-state index in [4.69, 9.17) is 0 Å². The molecule has 2 aromatic rings. The van der Waals surface area contributed by atoms with Crippen molar-refractivity contribution >= 4 is 15.9 Å². The molecule has 5 nitrogen and oxygen atoms in total. The van der Waals surface area contributed by atoms with Crippen LogP contribution in [-0.4, -0.2) is 24.7 Å². The van der Waals surface area contributed by atoms with Crippen LogP contribution >= 0.6 is 15.9 Å². The Balaban J connectivity index is 1.86. The molecule has 0 amide bonds. The highest BCUT2D eigenvalue weighted by molar-refractivity contribution is 9.10. The largest absolute Gasteiger partial charge is 0.382 e. The molecule has 2 heterocycles. The average molecular weight is 325 g/mol. The fraction of sp³-hybridized carbons (Fsp3) is 0.538. The van der Waals surface area contributed by atoms with E-state index in [0.29, 0.717) is 10.3 Å². The molecule has 0 bridgehead atoms. The second-order valence-corrected chi connectivity index (χ2v) is 6.03. The molecule has 1 saturated carbocycles. The van der Waals surface area contributed by atoms with Gasteiger partial charge in [-0.15, -0.1) is 0 Å². The Morgan fingerprint density at radius 2 is 2.16 bits per heavy atom. The lowest BCUT2D eigenvalue weighted by atomic mass is 10.1. The number of rotatable bonds is 4. The van der Waals surface area contributed by atoms with Gasteiger partial charge in [0.1, 0.15) is 10.7 Å². The van der Waals surface area contributed by atoms with Crippen LogP contribution in [0, 0.1) is 5.92 Å². The lowest BCUT2D eigenvalue weighted by Crippen LogP contribution is -2.02. The SMILES string of the molecule is Cn1cc(C(O)c2cc(CC3CC3)n(C)n2)c(Br)n1. The van der Waals surface area contributed by atoms with Gasteiger partial charge in [-0.2, -0.15) is 10.2 Å². The Kier molecular flexibility index (Phi) is 3.22. The minimum absolute atomic E-state index is 0.664. The van der Waals surface area contributed by atoms with Crippen molar-refractivity contribution in [3.8, 4) is 0 Å². The van der Waals surface area contributed by atoms with Crippen LogP contribution in [0.2, 0.25) is 0 Å². The molecule has 2 aromatic heterocycles. The summed E-state index contributed by atoms with van der Waals surface area (Å²) in [4.78, 5) is 0.